The third-order valence-corrected chi connectivity index (χ3v) is 3.91. The molecule has 6 nitrogen and oxygen atoms in total. The van der Waals surface area contributed by atoms with Gasteiger partial charge < -0.3 is 9.84 Å². The number of carbonyl (C=O) groups excluding carboxylic acids is 1. The van der Waals surface area contributed by atoms with E-state index < -0.39 is 0 Å². The topological polar surface area (TPSA) is 73.0 Å². The predicted molar refractivity (Wildman–Crippen MR) is 91.5 cm³/mol. The molecule has 6 heteroatoms. The highest BCUT2D eigenvalue weighted by atomic mass is 16.5. The van der Waals surface area contributed by atoms with Gasteiger partial charge in [0, 0.05) is 17.7 Å². The SMILES string of the molecule is CC[C@@H](C)n1nccc1NC(=O)Cc1cc(-c2ccccc2)on1. The normalized spacial score (nSPS) is 12.1. The molecule has 24 heavy (non-hydrogen) atoms. The van der Waals surface area contributed by atoms with Gasteiger partial charge in [-0.05, 0) is 13.3 Å². The van der Waals surface area contributed by atoms with Gasteiger partial charge >= 0.3 is 0 Å². The molecule has 0 aliphatic rings. The van der Waals surface area contributed by atoms with E-state index >= 15 is 0 Å². The fraction of sp³-hybridized carbons (Fsp3) is 0.278. The summed E-state index contributed by atoms with van der Waals surface area (Å²) in [6.45, 7) is 4.14. The second-order valence-corrected chi connectivity index (χ2v) is 5.69. The molecule has 0 saturated carbocycles. The quantitative estimate of drug-likeness (QED) is 0.750. The number of hydrogen-bond donors (Lipinski definition) is 1. The van der Waals surface area contributed by atoms with Gasteiger partial charge in [0.05, 0.1) is 24.4 Å². The van der Waals surface area contributed by atoms with Gasteiger partial charge in [0.25, 0.3) is 0 Å². The van der Waals surface area contributed by atoms with Crippen molar-refractivity contribution in [2.24, 2.45) is 0 Å². The van der Waals surface area contributed by atoms with Gasteiger partial charge in [-0.25, -0.2) is 4.68 Å². The number of nitrogens with zero attached hydrogens (tertiary/aromatic N) is 3. The number of hydrogen-bond acceptors (Lipinski definition) is 4. The van der Waals surface area contributed by atoms with Crippen LogP contribution in [-0.4, -0.2) is 20.8 Å². The number of nitrogens with one attached hydrogen (secondary N) is 1. The number of aromatic nitrogens is 3. The van der Waals surface area contributed by atoms with Crippen molar-refractivity contribution >= 4 is 11.7 Å². The molecule has 2 aromatic heterocycles. The van der Waals surface area contributed by atoms with Crippen molar-refractivity contribution in [2.75, 3.05) is 5.32 Å². The lowest BCUT2D eigenvalue weighted by molar-refractivity contribution is -0.115. The molecule has 3 aromatic rings. The summed E-state index contributed by atoms with van der Waals surface area (Å²) >= 11 is 0. The molecule has 0 aliphatic carbocycles. The molecular formula is C18H20N4O2. The summed E-state index contributed by atoms with van der Waals surface area (Å²) < 4.78 is 7.13. The number of amides is 1. The third kappa shape index (κ3) is 3.53. The number of benzene rings is 1. The number of anilines is 1. The van der Waals surface area contributed by atoms with Gasteiger partial charge in [-0.15, -0.1) is 0 Å². The molecule has 3 rings (SSSR count). The van der Waals surface area contributed by atoms with Gasteiger partial charge in [0.2, 0.25) is 5.91 Å². The highest BCUT2D eigenvalue weighted by molar-refractivity contribution is 5.91. The van der Waals surface area contributed by atoms with E-state index in [9.17, 15) is 4.79 Å². The molecule has 1 atom stereocenters. The van der Waals surface area contributed by atoms with Crippen LogP contribution in [0.3, 0.4) is 0 Å². The Labute approximate surface area is 140 Å². The molecular weight excluding hydrogens is 304 g/mol. The van der Waals surface area contributed by atoms with Crippen LogP contribution in [0.1, 0.15) is 32.0 Å². The summed E-state index contributed by atoms with van der Waals surface area (Å²) in [7, 11) is 0. The van der Waals surface area contributed by atoms with E-state index in [0.717, 1.165) is 12.0 Å². The molecule has 0 unspecified atom stereocenters. The molecule has 0 radical (unpaired) electrons. The van der Waals surface area contributed by atoms with Crippen molar-refractivity contribution in [3.05, 3.63) is 54.4 Å². The third-order valence-electron chi connectivity index (χ3n) is 3.91. The van der Waals surface area contributed by atoms with Crippen LogP contribution in [0.4, 0.5) is 5.82 Å². The lowest BCUT2D eigenvalue weighted by atomic mass is 10.1. The van der Waals surface area contributed by atoms with Crippen molar-refractivity contribution in [1.29, 1.82) is 0 Å². The van der Waals surface area contributed by atoms with Crippen molar-refractivity contribution in [1.82, 2.24) is 14.9 Å². The van der Waals surface area contributed by atoms with Gasteiger partial charge in [0.1, 0.15) is 5.82 Å². The van der Waals surface area contributed by atoms with Gasteiger partial charge in [0.15, 0.2) is 5.76 Å². The van der Waals surface area contributed by atoms with Gasteiger partial charge in [-0.3, -0.25) is 4.79 Å². The Morgan fingerprint density at radius 1 is 1.29 bits per heavy atom. The number of rotatable bonds is 6. The van der Waals surface area contributed by atoms with E-state index in [1.807, 2.05) is 35.0 Å². The molecule has 0 saturated heterocycles. The van der Waals surface area contributed by atoms with Crippen molar-refractivity contribution < 1.29 is 9.32 Å². The standard InChI is InChI=1S/C18H20N4O2/c1-3-13(2)22-17(9-10-19-22)20-18(23)12-15-11-16(24-21-15)14-7-5-4-6-8-14/h4-11,13H,3,12H2,1-2H3,(H,20,23)/t13-/m1/s1. The largest absolute Gasteiger partial charge is 0.356 e. The van der Waals surface area contributed by atoms with Crippen LogP contribution in [0.25, 0.3) is 11.3 Å². The fourth-order valence-corrected chi connectivity index (χ4v) is 2.42. The zero-order valence-electron chi connectivity index (χ0n) is 13.8. The monoisotopic (exact) mass is 324 g/mol. The average molecular weight is 324 g/mol. The second-order valence-electron chi connectivity index (χ2n) is 5.69. The first-order chi connectivity index (χ1) is 11.7. The summed E-state index contributed by atoms with van der Waals surface area (Å²) in [4.78, 5) is 12.3. The Hall–Kier alpha value is -2.89. The van der Waals surface area contributed by atoms with E-state index in [-0.39, 0.29) is 18.4 Å². The van der Waals surface area contributed by atoms with Gasteiger partial charge in [-0.1, -0.05) is 42.4 Å². The summed E-state index contributed by atoms with van der Waals surface area (Å²) in [6, 6.07) is 13.5. The van der Waals surface area contributed by atoms with Crippen LogP contribution < -0.4 is 5.32 Å². The van der Waals surface area contributed by atoms with Crippen LogP contribution in [0.15, 0.2) is 53.2 Å². The predicted octanol–water partition coefficient (Wildman–Crippen LogP) is 3.69. The Kier molecular flexibility index (Phi) is 4.74. The maximum Gasteiger partial charge on any atom is 0.231 e. The fourth-order valence-electron chi connectivity index (χ4n) is 2.42. The first-order valence-electron chi connectivity index (χ1n) is 8.01. The molecule has 0 fully saturated rings. The Balaban J connectivity index is 1.66. The maximum atomic E-state index is 12.3. The summed E-state index contributed by atoms with van der Waals surface area (Å²) in [6.07, 6.45) is 2.78. The molecule has 0 bridgehead atoms. The molecule has 124 valence electrons. The van der Waals surface area contributed by atoms with Crippen LogP contribution in [-0.2, 0) is 11.2 Å². The first-order valence-corrected chi connectivity index (χ1v) is 8.01. The van der Waals surface area contributed by atoms with E-state index in [0.29, 0.717) is 17.3 Å². The summed E-state index contributed by atoms with van der Waals surface area (Å²) in [5, 5.41) is 11.1. The highest BCUT2D eigenvalue weighted by Gasteiger charge is 2.14. The minimum absolute atomic E-state index is 0.145. The van der Waals surface area contributed by atoms with E-state index in [1.54, 1.807) is 18.3 Å². The van der Waals surface area contributed by atoms with Gasteiger partial charge in [-0.2, -0.15) is 5.10 Å². The zero-order valence-corrected chi connectivity index (χ0v) is 13.8. The molecule has 2 heterocycles. The molecule has 1 amide bonds. The minimum Gasteiger partial charge on any atom is -0.356 e. The average Bonchev–Trinajstić information content (AvgIpc) is 3.24. The summed E-state index contributed by atoms with van der Waals surface area (Å²) in [5.74, 6) is 1.21. The van der Waals surface area contributed by atoms with Crippen molar-refractivity contribution in [2.45, 2.75) is 32.7 Å². The molecule has 1 N–H and O–H groups in total. The maximum absolute atomic E-state index is 12.3. The first kappa shape index (κ1) is 16.0. The zero-order chi connectivity index (χ0) is 16.9. The smallest absolute Gasteiger partial charge is 0.231 e. The minimum atomic E-state index is -0.145. The van der Waals surface area contributed by atoms with Crippen LogP contribution in [0.2, 0.25) is 0 Å². The van der Waals surface area contributed by atoms with Crippen molar-refractivity contribution in [3.63, 3.8) is 0 Å². The van der Waals surface area contributed by atoms with Crippen LogP contribution >= 0.6 is 0 Å². The van der Waals surface area contributed by atoms with Crippen LogP contribution in [0.5, 0.6) is 0 Å². The highest BCUT2D eigenvalue weighted by Crippen LogP contribution is 2.20. The van der Waals surface area contributed by atoms with E-state index in [2.05, 4.69) is 29.4 Å². The molecule has 0 spiro atoms. The number of carbonyl (C=O) groups is 1. The second kappa shape index (κ2) is 7.12. The Morgan fingerprint density at radius 3 is 2.83 bits per heavy atom. The van der Waals surface area contributed by atoms with Crippen LogP contribution in [0, 0.1) is 0 Å². The lowest BCUT2D eigenvalue weighted by Crippen LogP contribution is -2.19. The Bertz CT molecular complexity index is 807. The summed E-state index contributed by atoms with van der Waals surface area (Å²) in [5.41, 5.74) is 1.53. The Morgan fingerprint density at radius 2 is 2.08 bits per heavy atom. The van der Waals surface area contributed by atoms with E-state index in [1.165, 1.54) is 0 Å². The molecule has 1 aromatic carbocycles. The van der Waals surface area contributed by atoms with E-state index in [4.69, 9.17) is 4.52 Å². The van der Waals surface area contributed by atoms with Crippen molar-refractivity contribution in [3.8, 4) is 11.3 Å². The lowest BCUT2D eigenvalue weighted by Gasteiger charge is -2.13. The molecule has 0 aliphatic heterocycles.